The third-order valence-electron chi connectivity index (χ3n) is 4.69. The minimum absolute atomic E-state index is 0.118. The molecule has 0 aliphatic heterocycles. The molecule has 0 bridgehead atoms. The van der Waals surface area contributed by atoms with E-state index in [9.17, 15) is 14.4 Å². The number of para-hydroxylation sites is 1. The molecule has 0 radical (unpaired) electrons. The zero-order valence-corrected chi connectivity index (χ0v) is 17.4. The van der Waals surface area contributed by atoms with Gasteiger partial charge in [0.2, 0.25) is 0 Å². The van der Waals surface area contributed by atoms with Gasteiger partial charge in [-0.25, -0.2) is 9.59 Å². The van der Waals surface area contributed by atoms with Gasteiger partial charge in [0.1, 0.15) is 18.4 Å². The Labute approximate surface area is 176 Å². The average Bonchev–Trinajstić information content (AvgIpc) is 2.79. The molecule has 2 aromatic carbocycles. The first-order valence-electron chi connectivity index (χ1n) is 9.76. The molecular formula is C23H27NO6. The lowest BCUT2D eigenvalue weighted by Crippen LogP contribution is -2.47. The highest BCUT2D eigenvalue weighted by Crippen LogP contribution is 2.16. The molecule has 0 aliphatic rings. The molecule has 0 heterocycles. The van der Waals surface area contributed by atoms with E-state index in [4.69, 9.17) is 14.2 Å². The normalized spacial score (nSPS) is 12.4. The van der Waals surface area contributed by atoms with Crippen molar-refractivity contribution >= 4 is 17.8 Å². The molecule has 0 aromatic heterocycles. The second-order valence-electron chi connectivity index (χ2n) is 6.79. The van der Waals surface area contributed by atoms with Crippen LogP contribution in [0.3, 0.4) is 0 Å². The van der Waals surface area contributed by atoms with Crippen LogP contribution >= 0.6 is 0 Å². The summed E-state index contributed by atoms with van der Waals surface area (Å²) in [5.74, 6) is -1.19. The predicted molar refractivity (Wildman–Crippen MR) is 111 cm³/mol. The number of nitrogens with one attached hydrogen (secondary N) is 1. The maximum Gasteiger partial charge on any atom is 0.339 e. The number of benzene rings is 2. The molecule has 1 N–H and O–H groups in total. The molecule has 2 atom stereocenters. The Morgan fingerprint density at radius 3 is 2.33 bits per heavy atom. The molecule has 0 saturated carbocycles. The zero-order chi connectivity index (χ0) is 21.9. The van der Waals surface area contributed by atoms with Crippen LogP contribution in [-0.2, 0) is 25.7 Å². The van der Waals surface area contributed by atoms with E-state index >= 15 is 0 Å². The van der Waals surface area contributed by atoms with Crippen LogP contribution in [0.25, 0.3) is 0 Å². The second-order valence-corrected chi connectivity index (χ2v) is 6.79. The molecule has 0 fully saturated rings. The number of carbonyl (C=O) groups excluding carboxylic acids is 3. The first-order chi connectivity index (χ1) is 14.5. The van der Waals surface area contributed by atoms with Crippen molar-refractivity contribution in [2.75, 3.05) is 13.7 Å². The largest absolute Gasteiger partial charge is 0.489 e. The molecule has 0 spiro atoms. The van der Waals surface area contributed by atoms with E-state index in [2.05, 4.69) is 5.32 Å². The Kier molecular flexibility index (Phi) is 8.87. The van der Waals surface area contributed by atoms with Crippen LogP contribution in [0, 0.1) is 5.92 Å². The third-order valence-corrected chi connectivity index (χ3v) is 4.69. The smallest absolute Gasteiger partial charge is 0.339 e. The number of amides is 1. The van der Waals surface area contributed by atoms with Gasteiger partial charge in [0.15, 0.2) is 6.61 Å². The van der Waals surface area contributed by atoms with Gasteiger partial charge in [0.05, 0.1) is 12.7 Å². The van der Waals surface area contributed by atoms with Crippen LogP contribution in [0.2, 0.25) is 0 Å². The lowest BCUT2D eigenvalue weighted by atomic mass is 9.99. The topological polar surface area (TPSA) is 90.9 Å². The summed E-state index contributed by atoms with van der Waals surface area (Å²) >= 11 is 0. The fourth-order valence-electron chi connectivity index (χ4n) is 2.74. The summed E-state index contributed by atoms with van der Waals surface area (Å²) in [6.07, 6.45) is 0.675. The number of methoxy groups -OCH3 is 1. The lowest BCUT2D eigenvalue weighted by Gasteiger charge is -2.21. The van der Waals surface area contributed by atoms with Crippen molar-refractivity contribution in [2.24, 2.45) is 5.92 Å². The van der Waals surface area contributed by atoms with Crippen molar-refractivity contribution < 1.29 is 28.6 Å². The molecule has 0 aliphatic carbocycles. The van der Waals surface area contributed by atoms with Crippen molar-refractivity contribution in [3.05, 3.63) is 65.7 Å². The van der Waals surface area contributed by atoms with Crippen molar-refractivity contribution in [1.29, 1.82) is 0 Å². The fraction of sp³-hybridized carbons (Fsp3) is 0.348. The minimum atomic E-state index is -0.794. The second kappa shape index (κ2) is 11.6. The Morgan fingerprint density at radius 2 is 1.67 bits per heavy atom. The summed E-state index contributed by atoms with van der Waals surface area (Å²) in [5, 5.41) is 2.57. The molecule has 2 aromatic rings. The summed E-state index contributed by atoms with van der Waals surface area (Å²) in [4.78, 5) is 36.6. The molecular weight excluding hydrogens is 386 g/mol. The monoisotopic (exact) mass is 413 g/mol. The minimum Gasteiger partial charge on any atom is -0.489 e. The van der Waals surface area contributed by atoms with Gasteiger partial charge < -0.3 is 19.5 Å². The lowest BCUT2D eigenvalue weighted by molar-refractivity contribution is -0.147. The Bertz CT molecular complexity index is 852. The van der Waals surface area contributed by atoms with Crippen LogP contribution in [0.4, 0.5) is 0 Å². The van der Waals surface area contributed by atoms with Crippen molar-refractivity contribution in [3.63, 3.8) is 0 Å². The SMILES string of the molecule is CC[C@@H](C)[C@@H](NC(=O)COC(=O)c1ccccc1COc1ccccc1)C(=O)OC. The van der Waals surface area contributed by atoms with Gasteiger partial charge in [-0.3, -0.25) is 4.79 Å². The van der Waals surface area contributed by atoms with E-state index in [1.165, 1.54) is 7.11 Å². The van der Waals surface area contributed by atoms with Crippen LogP contribution in [0.1, 0.15) is 36.2 Å². The number of esters is 2. The third kappa shape index (κ3) is 6.62. The summed E-state index contributed by atoms with van der Waals surface area (Å²) < 4.78 is 15.6. The first-order valence-corrected chi connectivity index (χ1v) is 9.76. The summed E-state index contributed by atoms with van der Waals surface area (Å²) in [6.45, 7) is 3.41. The Balaban J connectivity index is 1.95. The maximum absolute atomic E-state index is 12.5. The van der Waals surface area contributed by atoms with Gasteiger partial charge >= 0.3 is 11.9 Å². The molecule has 7 heteroatoms. The Hall–Kier alpha value is -3.35. The highest BCUT2D eigenvalue weighted by atomic mass is 16.5. The van der Waals surface area contributed by atoms with Crippen molar-refractivity contribution in [1.82, 2.24) is 5.32 Å². The van der Waals surface area contributed by atoms with Crippen molar-refractivity contribution in [2.45, 2.75) is 32.9 Å². The average molecular weight is 413 g/mol. The van der Waals surface area contributed by atoms with Gasteiger partial charge in [-0.2, -0.15) is 0 Å². The quantitative estimate of drug-likeness (QED) is 0.602. The predicted octanol–water partition coefficient (Wildman–Crippen LogP) is 3.13. The Morgan fingerprint density at radius 1 is 1.00 bits per heavy atom. The van der Waals surface area contributed by atoms with Gasteiger partial charge in [0, 0.05) is 5.56 Å². The molecule has 160 valence electrons. The van der Waals surface area contributed by atoms with Gasteiger partial charge in [0.25, 0.3) is 5.91 Å². The number of rotatable bonds is 10. The number of carbonyl (C=O) groups is 3. The highest BCUT2D eigenvalue weighted by Gasteiger charge is 2.27. The van der Waals surface area contributed by atoms with E-state index in [1.807, 2.05) is 44.2 Å². The van der Waals surface area contributed by atoms with Crippen molar-refractivity contribution in [3.8, 4) is 5.75 Å². The summed E-state index contributed by atoms with van der Waals surface area (Å²) in [7, 11) is 1.26. The molecule has 1 amide bonds. The van der Waals surface area contributed by atoms with Gasteiger partial charge in [-0.1, -0.05) is 56.7 Å². The van der Waals surface area contributed by atoms with Crippen LogP contribution in [-0.4, -0.2) is 37.6 Å². The molecule has 0 unspecified atom stereocenters. The van der Waals surface area contributed by atoms with E-state index in [0.29, 0.717) is 23.3 Å². The number of ether oxygens (including phenoxy) is 3. The molecule has 0 saturated heterocycles. The standard InChI is InChI=1S/C23H27NO6/c1-4-16(2)21(23(27)28-3)24-20(25)15-30-22(26)19-13-9-8-10-17(19)14-29-18-11-6-5-7-12-18/h5-13,16,21H,4,14-15H2,1-3H3,(H,24,25)/t16-,21-/m1/s1. The number of hydrogen-bond acceptors (Lipinski definition) is 6. The van der Waals surface area contributed by atoms with E-state index in [0.717, 1.165) is 0 Å². The first kappa shape index (κ1) is 22.9. The van der Waals surface area contributed by atoms with Crippen LogP contribution in [0.15, 0.2) is 54.6 Å². The molecule has 7 nitrogen and oxygen atoms in total. The van der Waals surface area contributed by atoms with Gasteiger partial charge in [-0.05, 0) is 24.1 Å². The fourth-order valence-corrected chi connectivity index (χ4v) is 2.74. The molecule has 2 rings (SSSR count). The summed E-state index contributed by atoms with van der Waals surface area (Å²) in [5.41, 5.74) is 0.950. The van der Waals surface area contributed by atoms with Crippen LogP contribution in [0.5, 0.6) is 5.75 Å². The van der Waals surface area contributed by atoms with E-state index in [-0.39, 0.29) is 12.5 Å². The molecule has 30 heavy (non-hydrogen) atoms. The van der Waals surface area contributed by atoms with E-state index in [1.54, 1.807) is 24.3 Å². The van der Waals surface area contributed by atoms with Gasteiger partial charge in [-0.15, -0.1) is 0 Å². The summed E-state index contributed by atoms with van der Waals surface area (Å²) in [6, 6.07) is 15.3. The number of hydrogen-bond donors (Lipinski definition) is 1. The van der Waals surface area contributed by atoms with E-state index < -0.39 is 30.5 Å². The maximum atomic E-state index is 12.5. The van der Waals surface area contributed by atoms with Crippen LogP contribution < -0.4 is 10.1 Å². The highest BCUT2D eigenvalue weighted by molar-refractivity contribution is 5.93. The zero-order valence-electron chi connectivity index (χ0n) is 17.4.